The van der Waals surface area contributed by atoms with E-state index in [0.29, 0.717) is 18.1 Å². The fraction of sp³-hybridized carbons (Fsp3) is 0.444. The van der Waals surface area contributed by atoms with E-state index >= 15 is 0 Å². The molecule has 1 unspecified atom stereocenters. The van der Waals surface area contributed by atoms with Crippen molar-refractivity contribution in [1.29, 1.82) is 0 Å². The van der Waals surface area contributed by atoms with Crippen LogP contribution >= 0.6 is 23.1 Å². The highest BCUT2D eigenvalue weighted by Crippen LogP contribution is 2.22. The maximum absolute atomic E-state index is 12.5. The summed E-state index contributed by atoms with van der Waals surface area (Å²) in [5.41, 5.74) is 1.93. The second-order valence-electron chi connectivity index (χ2n) is 6.65. The van der Waals surface area contributed by atoms with Crippen LogP contribution in [0.2, 0.25) is 0 Å². The highest BCUT2D eigenvalue weighted by molar-refractivity contribution is 8.01. The number of anilines is 1. The maximum Gasteiger partial charge on any atom is 0.238 e. The lowest BCUT2D eigenvalue weighted by Crippen LogP contribution is -2.30. The van der Waals surface area contributed by atoms with Crippen LogP contribution in [0.1, 0.15) is 28.9 Å². The number of carbonyl (C=O) groups is 2. The van der Waals surface area contributed by atoms with Crippen LogP contribution in [0.5, 0.6) is 0 Å². The van der Waals surface area contributed by atoms with Crippen LogP contribution in [0.25, 0.3) is 4.96 Å². The molecule has 2 amide bonds. The normalized spacial score (nSPS) is 12.3. The lowest BCUT2D eigenvalue weighted by molar-refractivity contribution is -0.127. The van der Waals surface area contributed by atoms with Crippen LogP contribution in [0.15, 0.2) is 16.8 Å². The molecule has 0 aliphatic heterocycles. The summed E-state index contributed by atoms with van der Waals surface area (Å²) in [6.45, 7) is 7.98. The van der Waals surface area contributed by atoms with Gasteiger partial charge in [0.1, 0.15) is 5.76 Å². The molecule has 3 rings (SSSR count). The predicted molar refractivity (Wildman–Crippen MR) is 111 cm³/mol. The van der Waals surface area contributed by atoms with Crippen molar-refractivity contribution < 1.29 is 14.1 Å². The molecule has 0 aliphatic carbocycles. The van der Waals surface area contributed by atoms with Crippen molar-refractivity contribution in [3.63, 3.8) is 0 Å². The summed E-state index contributed by atoms with van der Waals surface area (Å²) in [5.74, 6) is 0.966. The quantitative estimate of drug-likeness (QED) is 0.630. The third-order valence-corrected chi connectivity index (χ3v) is 6.28. The first-order valence-electron chi connectivity index (χ1n) is 8.78. The number of nitrogens with one attached hydrogen (secondary N) is 1. The maximum atomic E-state index is 12.5. The molecule has 0 saturated carbocycles. The van der Waals surface area contributed by atoms with Crippen LogP contribution < -0.4 is 5.32 Å². The molecule has 3 aromatic heterocycles. The summed E-state index contributed by atoms with van der Waals surface area (Å²) < 4.78 is 6.97. The van der Waals surface area contributed by atoms with Crippen molar-refractivity contribution in [2.24, 2.45) is 0 Å². The number of imidazole rings is 1. The van der Waals surface area contributed by atoms with Gasteiger partial charge in [-0.1, -0.05) is 5.16 Å². The van der Waals surface area contributed by atoms with Crippen molar-refractivity contribution in [1.82, 2.24) is 19.4 Å². The Kier molecular flexibility index (Phi) is 6.09. The summed E-state index contributed by atoms with van der Waals surface area (Å²) in [4.78, 5) is 33.1. The van der Waals surface area contributed by atoms with Crippen molar-refractivity contribution in [2.75, 3.05) is 18.1 Å². The lowest BCUT2D eigenvalue weighted by atomic mass is 10.3. The molecular formula is C18H23N5O3S2. The van der Waals surface area contributed by atoms with Crippen LogP contribution in [0.3, 0.4) is 0 Å². The van der Waals surface area contributed by atoms with E-state index in [1.165, 1.54) is 16.6 Å². The number of nitrogens with zero attached hydrogens (tertiary/aromatic N) is 4. The summed E-state index contributed by atoms with van der Waals surface area (Å²) >= 11 is 2.92. The minimum Gasteiger partial charge on any atom is -0.360 e. The highest BCUT2D eigenvalue weighted by atomic mass is 32.2. The molecular weight excluding hydrogens is 398 g/mol. The molecule has 1 N–H and O–H groups in total. The first-order chi connectivity index (χ1) is 13.2. The number of carbonyl (C=O) groups excluding carboxylic acids is 2. The molecule has 0 spiro atoms. The van der Waals surface area contributed by atoms with Gasteiger partial charge >= 0.3 is 0 Å². The van der Waals surface area contributed by atoms with Crippen LogP contribution in [-0.4, -0.2) is 49.3 Å². The number of fused-ring (bicyclic) bond motifs is 1. The minimum absolute atomic E-state index is 0.0387. The summed E-state index contributed by atoms with van der Waals surface area (Å²) in [6.07, 6.45) is 2.04. The topological polar surface area (TPSA) is 92.7 Å². The molecule has 0 radical (unpaired) electrons. The standard InChI is InChI=1S/C18H23N5O3S2/c1-10-6-15(21-26-10)20-17(25)13(4)27-9-16(24)22(5)8-14-12(3)19-18-23(14)7-11(2)28-18/h6-7,13H,8-9H2,1-5H3,(H,20,21,25). The number of thiazole rings is 1. The van der Waals surface area contributed by atoms with Gasteiger partial charge in [0.2, 0.25) is 11.8 Å². The Morgan fingerprint density at radius 2 is 2.14 bits per heavy atom. The SMILES string of the molecule is Cc1cc(NC(=O)C(C)SCC(=O)N(C)Cc2c(C)nc3sc(C)cn23)no1. The van der Waals surface area contributed by atoms with Gasteiger partial charge in [0, 0.05) is 24.2 Å². The fourth-order valence-corrected chi connectivity index (χ4v) is 4.36. The third-order valence-electron chi connectivity index (χ3n) is 4.26. The second-order valence-corrected chi connectivity index (χ2v) is 9.20. The minimum atomic E-state index is -0.391. The second kappa shape index (κ2) is 8.36. The summed E-state index contributed by atoms with van der Waals surface area (Å²) in [7, 11) is 1.77. The Morgan fingerprint density at radius 1 is 1.39 bits per heavy atom. The zero-order valence-corrected chi connectivity index (χ0v) is 18.1. The van der Waals surface area contributed by atoms with E-state index in [-0.39, 0.29) is 17.6 Å². The van der Waals surface area contributed by atoms with Gasteiger partial charge in [0.05, 0.1) is 28.9 Å². The van der Waals surface area contributed by atoms with Gasteiger partial charge in [-0.2, -0.15) is 0 Å². The summed E-state index contributed by atoms with van der Waals surface area (Å²) in [6, 6.07) is 1.65. The molecule has 3 heterocycles. The fourth-order valence-electron chi connectivity index (χ4n) is 2.65. The molecule has 10 heteroatoms. The number of aromatic nitrogens is 3. The van der Waals surface area contributed by atoms with Gasteiger partial charge in [0.15, 0.2) is 10.8 Å². The van der Waals surface area contributed by atoms with Gasteiger partial charge < -0.3 is 14.7 Å². The zero-order valence-electron chi connectivity index (χ0n) is 16.5. The Balaban J connectivity index is 1.53. The number of hydrogen-bond acceptors (Lipinski definition) is 7. The van der Waals surface area contributed by atoms with E-state index in [9.17, 15) is 9.59 Å². The molecule has 1 atom stereocenters. The molecule has 8 nitrogen and oxygen atoms in total. The average molecular weight is 422 g/mol. The van der Waals surface area contributed by atoms with Gasteiger partial charge in [-0.05, 0) is 27.7 Å². The Morgan fingerprint density at radius 3 is 2.82 bits per heavy atom. The lowest BCUT2D eigenvalue weighted by Gasteiger charge is -2.18. The number of hydrogen-bond donors (Lipinski definition) is 1. The van der Waals surface area contributed by atoms with E-state index in [1.54, 1.807) is 43.2 Å². The van der Waals surface area contributed by atoms with Gasteiger partial charge in [0.25, 0.3) is 0 Å². The number of amides is 2. The van der Waals surface area contributed by atoms with Crippen molar-refractivity contribution in [3.8, 4) is 0 Å². The van der Waals surface area contributed by atoms with Gasteiger partial charge in [-0.15, -0.1) is 23.1 Å². The Bertz CT molecular complexity index is 1010. The van der Waals surface area contributed by atoms with E-state index in [4.69, 9.17) is 4.52 Å². The van der Waals surface area contributed by atoms with Gasteiger partial charge in [-0.25, -0.2) is 4.98 Å². The number of rotatable bonds is 7. The van der Waals surface area contributed by atoms with Crippen LogP contribution in [0.4, 0.5) is 5.82 Å². The zero-order chi connectivity index (χ0) is 20.4. The summed E-state index contributed by atoms with van der Waals surface area (Å²) in [5, 5.41) is 6.03. The molecule has 0 aliphatic rings. The first-order valence-corrected chi connectivity index (χ1v) is 10.6. The molecule has 3 aromatic rings. The van der Waals surface area contributed by atoms with Crippen LogP contribution in [-0.2, 0) is 16.1 Å². The third kappa shape index (κ3) is 4.56. The molecule has 28 heavy (non-hydrogen) atoms. The van der Waals surface area contributed by atoms with Gasteiger partial charge in [-0.3, -0.25) is 14.0 Å². The van der Waals surface area contributed by atoms with E-state index < -0.39 is 5.25 Å². The average Bonchev–Trinajstić information content (AvgIpc) is 3.28. The van der Waals surface area contributed by atoms with Crippen LogP contribution in [0, 0.1) is 20.8 Å². The molecule has 0 bridgehead atoms. The molecule has 0 saturated heterocycles. The van der Waals surface area contributed by atoms with Crippen molar-refractivity contribution in [3.05, 3.63) is 34.3 Å². The monoisotopic (exact) mass is 421 g/mol. The van der Waals surface area contributed by atoms with E-state index in [2.05, 4.69) is 15.5 Å². The molecule has 150 valence electrons. The largest absolute Gasteiger partial charge is 0.360 e. The Hall–Kier alpha value is -2.33. The van der Waals surface area contributed by atoms with E-state index in [0.717, 1.165) is 16.3 Å². The molecule has 0 fully saturated rings. The predicted octanol–water partition coefficient (Wildman–Crippen LogP) is 3.03. The van der Waals surface area contributed by atoms with Crippen molar-refractivity contribution >= 4 is 45.7 Å². The van der Waals surface area contributed by atoms with Crippen molar-refractivity contribution in [2.45, 2.75) is 39.5 Å². The highest BCUT2D eigenvalue weighted by Gasteiger charge is 2.20. The first kappa shape index (κ1) is 20.4. The number of aryl methyl sites for hydroxylation is 3. The smallest absolute Gasteiger partial charge is 0.238 e. The molecule has 0 aromatic carbocycles. The number of thioether (sulfide) groups is 1. The Labute approximate surface area is 171 Å². The van der Waals surface area contributed by atoms with E-state index in [1.807, 2.05) is 24.4 Å².